The van der Waals surface area contributed by atoms with Crippen molar-refractivity contribution in [3.05, 3.63) is 48.0 Å². The van der Waals surface area contributed by atoms with Gasteiger partial charge in [0.2, 0.25) is 5.13 Å². The topological polar surface area (TPSA) is 82.6 Å². The van der Waals surface area contributed by atoms with Gasteiger partial charge < -0.3 is 14.2 Å². The Hall–Kier alpha value is -3.13. The molecule has 27 heavy (non-hydrogen) atoms. The van der Waals surface area contributed by atoms with Crippen LogP contribution in [0.15, 0.2) is 42.5 Å². The van der Waals surface area contributed by atoms with Crippen molar-refractivity contribution in [2.75, 3.05) is 26.1 Å². The third kappa shape index (κ3) is 4.17. The summed E-state index contributed by atoms with van der Waals surface area (Å²) in [5.74, 6) is 1.93. The largest absolute Gasteiger partial charge is 0.493 e. The number of carbonyl (C=O) groups excluding carboxylic acids is 1. The third-order valence-electron chi connectivity index (χ3n) is 3.72. The van der Waals surface area contributed by atoms with E-state index >= 15 is 0 Å². The standard InChI is InChI=1S/C19H19N3O4S/c1-4-26-14-8-6-5-7-13(14)18(23)21-19-20-17(22-27-19)12-9-10-15(24-2)16(11-12)25-3/h5-11H,4H2,1-3H3,(H,20,21,22,23). The summed E-state index contributed by atoms with van der Waals surface area (Å²) in [6.07, 6.45) is 0. The predicted octanol–water partition coefficient (Wildman–Crippen LogP) is 3.87. The van der Waals surface area contributed by atoms with Crippen molar-refractivity contribution < 1.29 is 19.0 Å². The Balaban J connectivity index is 1.80. The number of methoxy groups -OCH3 is 2. The molecule has 0 atom stereocenters. The molecule has 0 aliphatic carbocycles. The fourth-order valence-electron chi connectivity index (χ4n) is 2.47. The smallest absolute Gasteiger partial charge is 0.261 e. The molecule has 0 aliphatic heterocycles. The zero-order valence-corrected chi connectivity index (χ0v) is 16.0. The van der Waals surface area contributed by atoms with Gasteiger partial charge in [0.15, 0.2) is 17.3 Å². The molecule has 0 bridgehead atoms. The van der Waals surface area contributed by atoms with Crippen molar-refractivity contribution in [2.45, 2.75) is 6.92 Å². The van der Waals surface area contributed by atoms with E-state index in [9.17, 15) is 4.79 Å². The molecule has 1 amide bonds. The lowest BCUT2D eigenvalue weighted by Crippen LogP contribution is -2.13. The summed E-state index contributed by atoms with van der Waals surface area (Å²) >= 11 is 1.10. The molecule has 0 fully saturated rings. The van der Waals surface area contributed by atoms with Crippen LogP contribution in [-0.2, 0) is 0 Å². The molecule has 8 heteroatoms. The van der Waals surface area contributed by atoms with Crippen LogP contribution in [0, 0.1) is 0 Å². The molecule has 3 aromatic rings. The first-order chi connectivity index (χ1) is 13.2. The number of amides is 1. The molecule has 1 aromatic heterocycles. The van der Waals surface area contributed by atoms with E-state index in [1.807, 2.05) is 19.1 Å². The Bertz CT molecular complexity index is 942. The Kier molecular flexibility index (Phi) is 5.87. The van der Waals surface area contributed by atoms with Gasteiger partial charge in [0.1, 0.15) is 5.75 Å². The van der Waals surface area contributed by atoms with Crippen LogP contribution in [0.2, 0.25) is 0 Å². The summed E-state index contributed by atoms with van der Waals surface area (Å²) in [5, 5.41) is 3.17. The quantitative estimate of drug-likeness (QED) is 0.665. The molecule has 0 saturated heterocycles. The highest BCUT2D eigenvalue weighted by Gasteiger charge is 2.16. The van der Waals surface area contributed by atoms with Gasteiger partial charge in [-0.1, -0.05) is 12.1 Å². The van der Waals surface area contributed by atoms with Gasteiger partial charge in [-0.25, -0.2) is 0 Å². The highest BCUT2D eigenvalue weighted by Crippen LogP contribution is 2.32. The lowest BCUT2D eigenvalue weighted by molar-refractivity contribution is 0.102. The minimum Gasteiger partial charge on any atom is -0.493 e. The number of hydrogen-bond donors (Lipinski definition) is 1. The first-order valence-electron chi connectivity index (χ1n) is 8.25. The van der Waals surface area contributed by atoms with Gasteiger partial charge in [0.25, 0.3) is 5.91 Å². The molecule has 7 nitrogen and oxygen atoms in total. The van der Waals surface area contributed by atoms with Crippen LogP contribution >= 0.6 is 11.5 Å². The Morgan fingerprint density at radius 3 is 2.59 bits per heavy atom. The van der Waals surface area contributed by atoms with Gasteiger partial charge >= 0.3 is 0 Å². The van der Waals surface area contributed by atoms with Crippen LogP contribution in [-0.4, -0.2) is 36.1 Å². The molecule has 0 radical (unpaired) electrons. The van der Waals surface area contributed by atoms with E-state index in [1.165, 1.54) is 0 Å². The normalized spacial score (nSPS) is 10.3. The molecule has 3 rings (SSSR count). The molecule has 0 spiro atoms. The van der Waals surface area contributed by atoms with Gasteiger partial charge in [0.05, 0.1) is 26.4 Å². The number of anilines is 1. The molecular formula is C19H19N3O4S. The zero-order chi connectivity index (χ0) is 19.2. The van der Waals surface area contributed by atoms with Gasteiger partial charge in [-0.2, -0.15) is 9.36 Å². The van der Waals surface area contributed by atoms with Crippen LogP contribution in [0.5, 0.6) is 17.2 Å². The van der Waals surface area contributed by atoms with Crippen LogP contribution in [0.3, 0.4) is 0 Å². The van der Waals surface area contributed by atoms with Gasteiger partial charge in [-0.3, -0.25) is 10.1 Å². The van der Waals surface area contributed by atoms with Gasteiger partial charge in [-0.15, -0.1) is 0 Å². The summed E-state index contributed by atoms with van der Waals surface area (Å²) in [7, 11) is 3.14. The van der Waals surface area contributed by atoms with E-state index in [2.05, 4.69) is 14.7 Å². The van der Waals surface area contributed by atoms with E-state index in [4.69, 9.17) is 14.2 Å². The Morgan fingerprint density at radius 1 is 1.07 bits per heavy atom. The van der Waals surface area contributed by atoms with E-state index < -0.39 is 0 Å². The maximum atomic E-state index is 12.6. The second kappa shape index (κ2) is 8.50. The first kappa shape index (κ1) is 18.7. The monoisotopic (exact) mass is 385 g/mol. The number of aromatic nitrogens is 2. The molecule has 1 heterocycles. The van der Waals surface area contributed by atoms with Crippen LogP contribution in [0.25, 0.3) is 11.4 Å². The van der Waals surface area contributed by atoms with E-state index in [-0.39, 0.29) is 5.91 Å². The van der Waals surface area contributed by atoms with Crippen LogP contribution in [0.4, 0.5) is 5.13 Å². The molecule has 0 aliphatic rings. The first-order valence-corrected chi connectivity index (χ1v) is 9.03. The third-order valence-corrected chi connectivity index (χ3v) is 4.35. The average Bonchev–Trinajstić information content (AvgIpc) is 3.16. The number of hydrogen-bond acceptors (Lipinski definition) is 7. The molecule has 0 saturated carbocycles. The number of nitrogens with zero attached hydrogens (tertiary/aromatic N) is 2. The lowest BCUT2D eigenvalue weighted by Gasteiger charge is -2.09. The van der Waals surface area contributed by atoms with Crippen molar-refractivity contribution in [2.24, 2.45) is 0 Å². The second-order valence-corrected chi connectivity index (χ2v) is 6.13. The summed E-state index contributed by atoms with van der Waals surface area (Å²) in [4.78, 5) is 16.9. The van der Waals surface area contributed by atoms with Crippen LogP contribution < -0.4 is 19.5 Å². The zero-order valence-electron chi connectivity index (χ0n) is 15.2. The molecule has 2 aromatic carbocycles. The number of carbonyl (C=O) groups is 1. The fourth-order valence-corrected chi connectivity index (χ4v) is 3.05. The minimum atomic E-state index is -0.297. The maximum absolute atomic E-state index is 12.6. The summed E-state index contributed by atoms with van der Waals surface area (Å²) in [6.45, 7) is 2.35. The number of rotatable bonds is 7. The van der Waals surface area contributed by atoms with Crippen LogP contribution in [0.1, 0.15) is 17.3 Å². The Labute approximate surface area is 161 Å². The van der Waals surface area contributed by atoms with Crippen molar-refractivity contribution in [3.8, 4) is 28.6 Å². The van der Waals surface area contributed by atoms with Crippen molar-refractivity contribution in [3.63, 3.8) is 0 Å². The molecule has 1 N–H and O–H groups in total. The fraction of sp³-hybridized carbons (Fsp3) is 0.211. The number of ether oxygens (including phenoxy) is 3. The van der Waals surface area contributed by atoms with Crippen molar-refractivity contribution >= 4 is 22.6 Å². The van der Waals surface area contributed by atoms with E-state index in [1.54, 1.807) is 44.6 Å². The predicted molar refractivity (Wildman–Crippen MR) is 104 cm³/mol. The molecular weight excluding hydrogens is 366 g/mol. The van der Waals surface area contributed by atoms with E-state index in [0.29, 0.717) is 40.4 Å². The van der Waals surface area contributed by atoms with Crippen molar-refractivity contribution in [1.29, 1.82) is 0 Å². The number of benzene rings is 2. The lowest BCUT2D eigenvalue weighted by atomic mass is 10.2. The summed E-state index contributed by atoms with van der Waals surface area (Å²) in [5.41, 5.74) is 1.21. The number of nitrogens with one attached hydrogen (secondary N) is 1. The molecule has 140 valence electrons. The summed E-state index contributed by atoms with van der Waals surface area (Å²) in [6, 6.07) is 12.5. The van der Waals surface area contributed by atoms with Gasteiger partial charge in [0, 0.05) is 17.1 Å². The second-order valence-electron chi connectivity index (χ2n) is 5.38. The summed E-state index contributed by atoms with van der Waals surface area (Å²) < 4.78 is 20.3. The number of para-hydroxylation sites is 1. The van der Waals surface area contributed by atoms with Gasteiger partial charge in [-0.05, 0) is 37.3 Å². The highest BCUT2D eigenvalue weighted by atomic mass is 32.1. The van der Waals surface area contributed by atoms with E-state index in [0.717, 1.165) is 17.1 Å². The minimum absolute atomic E-state index is 0.297. The SMILES string of the molecule is CCOc1ccccc1C(=O)Nc1nc(-c2ccc(OC)c(OC)c2)ns1. The Morgan fingerprint density at radius 2 is 1.85 bits per heavy atom. The van der Waals surface area contributed by atoms with Crippen molar-refractivity contribution in [1.82, 2.24) is 9.36 Å². The highest BCUT2D eigenvalue weighted by molar-refractivity contribution is 7.10. The molecule has 0 unspecified atom stereocenters. The average molecular weight is 385 g/mol. The maximum Gasteiger partial charge on any atom is 0.261 e.